The van der Waals surface area contributed by atoms with Crippen LogP contribution in [0.25, 0.3) is 0 Å². The van der Waals surface area contributed by atoms with Crippen molar-refractivity contribution in [1.29, 1.82) is 0 Å². The minimum Gasteiger partial charge on any atom is -0.367 e. The molecule has 2 aliphatic rings. The highest BCUT2D eigenvalue weighted by atomic mass is 16.2. The molecule has 19 heavy (non-hydrogen) atoms. The summed E-state index contributed by atoms with van der Waals surface area (Å²) < 4.78 is 0. The second-order valence-electron chi connectivity index (χ2n) is 5.67. The molecule has 2 atom stereocenters. The van der Waals surface area contributed by atoms with Gasteiger partial charge in [0.15, 0.2) is 5.43 Å². The average molecular weight is 260 g/mol. The first-order chi connectivity index (χ1) is 9.27. The Hall–Kier alpha value is -1.58. The van der Waals surface area contributed by atoms with Crippen LogP contribution in [0.4, 0.5) is 0 Å². The molecule has 0 aromatic carbocycles. The van der Waals surface area contributed by atoms with Crippen LogP contribution in [0, 0.1) is 5.92 Å². The van der Waals surface area contributed by atoms with Gasteiger partial charge in [0.05, 0.1) is 0 Å². The Labute approximate surface area is 112 Å². The number of nitrogens with one attached hydrogen (secondary N) is 1. The van der Waals surface area contributed by atoms with E-state index in [-0.39, 0.29) is 16.9 Å². The Bertz CT molecular complexity index is 521. The van der Waals surface area contributed by atoms with Crippen molar-refractivity contribution in [3.8, 4) is 0 Å². The van der Waals surface area contributed by atoms with Crippen LogP contribution in [-0.4, -0.2) is 28.4 Å². The molecular weight excluding hydrogens is 240 g/mol. The number of aromatic nitrogens is 1. The largest absolute Gasteiger partial charge is 0.367 e. The zero-order chi connectivity index (χ0) is 13.2. The van der Waals surface area contributed by atoms with Crippen LogP contribution < -0.4 is 5.43 Å². The number of H-pyrrole nitrogens is 1. The Morgan fingerprint density at radius 3 is 2.84 bits per heavy atom. The number of nitrogens with zero attached hydrogens (tertiary/aromatic N) is 1. The van der Waals surface area contributed by atoms with Crippen LogP contribution in [0.2, 0.25) is 0 Å². The lowest BCUT2D eigenvalue weighted by atomic mass is 9.78. The molecule has 102 valence electrons. The smallest absolute Gasteiger partial charge is 0.259 e. The summed E-state index contributed by atoms with van der Waals surface area (Å²) in [6, 6.07) is 1.78. The fourth-order valence-electron chi connectivity index (χ4n) is 3.61. The fourth-order valence-corrected chi connectivity index (χ4v) is 3.61. The van der Waals surface area contributed by atoms with Gasteiger partial charge >= 0.3 is 0 Å². The molecule has 1 aromatic heterocycles. The fraction of sp³-hybridized carbons (Fsp3) is 0.600. The summed E-state index contributed by atoms with van der Waals surface area (Å²) in [5, 5.41) is 0. The highest BCUT2D eigenvalue weighted by molar-refractivity contribution is 5.94. The van der Waals surface area contributed by atoms with Gasteiger partial charge in [-0.2, -0.15) is 0 Å². The minimum absolute atomic E-state index is 0.0848. The van der Waals surface area contributed by atoms with E-state index in [0.717, 1.165) is 19.4 Å². The summed E-state index contributed by atoms with van der Waals surface area (Å²) in [7, 11) is 0. The average Bonchev–Trinajstić information content (AvgIpc) is 2.46. The summed E-state index contributed by atoms with van der Waals surface area (Å²) in [4.78, 5) is 29.2. The van der Waals surface area contributed by atoms with Crippen molar-refractivity contribution < 1.29 is 4.79 Å². The Morgan fingerprint density at radius 1 is 1.21 bits per heavy atom. The summed E-state index contributed by atoms with van der Waals surface area (Å²) in [6.07, 6.45) is 10.2. The monoisotopic (exact) mass is 260 g/mol. The van der Waals surface area contributed by atoms with Crippen LogP contribution in [0.1, 0.15) is 48.9 Å². The molecule has 1 aliphatic heterocycles. The van der Waals surface area contributed by atoms with Gasteiger partial charge in [-0.25, -0.2) is 0 Å². The maximum absolute atomic E-state index is 12.6. The highest BCUT2D eigenvalue weighted by Crippen LogP contribution is 2.35. The number of rotatable bonds is 1. The first-order valence-electron chi connectivity index (χ1n) is 7.25. The number of hydrogen-bond donors (Lipinski definition) is 1. The first kappa shape index (κ1) is 12.5. The SMILES string of the molecule is O=C(c1c[nH]ccc1=O)N1CCC[C@H]2CCCC[C@H]21. The molecule has 2 fully saturated rings. The van der Waals surface area contributed by atoms with Crippen LogP contribution in [0.3, 0.4) is 0 Å². The standard InChI is InChI=1S/C15H20N2O2/c18-14-7-8-16-10-12(14)15(19)17-9-3-5-11-4-1-2-6-13(11)17/h7-8,10-11,13H,1-6,9H2,(H,16,18)/t11-,13-/m1/s1. The van der Waals surface area contributed by atoms with Gasteiger partial charge in [0.25, 0.3) is 5.91 Å². The molecule has 1 saturated carbocycles. The van der Waals surface area contributed by atoms with Gasteiger partial charge in [0.2, 0.25) is 0 Å². The lowest BCUT2D eigenvalue weighted by Gasteiger charge is -2.44. The van der Waals surface area contributed by atoms with E-state index in [1.165, 1.54) is 37.9 Å². The van der Waals surface area contributed by atoms with E-state index in [4.69, 9.17) is 0 Å². The Kier molecular flexibility index (Phi) is 3.40. The number of carbonyl (C=O) groups excluding carboxylic acids is 1. The summed E-state index contributed by atoms with van der Waals surface area (Å²) >= 11 is 0. The third kappa shape index (κ3) is 2.31. The summed E-state index contributed by atoms with van der Waals surface area (Å²) in [5.41, 5.74) is 0.107. The molecule has 4 heteroatoms. The normalized spacial score (nSPS) is 26.8. The minimum atomic E-state index is -0.179. The first-order valence-corrected chi connectivity index (χ1v) is 7.25. The number of fused-ring (bicyclic) bond motifs is 1. The van der Waals surface area contributed by atoms with Gasteiger partial charge in [-0.15, -0.1) is 0 Å². The van der Waals surface area contributed by atoms with E-state index in [1.807, 2.05) is 4.90 Å². The lowest BCUT2D eigenvalue weighted by molar-refractivity contribution is 0.0389. The molecule has 0 spiro atoms. The molecule has 0 radical (unpaired) electrons. The topological polar surface area (TPSA) is 53.2 Å². The zero-order valence-electron chi connectivity index (χ0n) is 11.1. The van der Waals surface area contributed by atoms with Crippen molar-refractivity contribution >= 4 is 5.91 Å². The molecule has 4 nitrogen and oxygen atoms in total. The van der Waals surface area contributed by atoms with Gasteiger partial charge in [-0.3, -0.25) is 9.59 Å². The van der Waals surface area contributed by atoms with Gasteiger partial charge in [-0.05, 0) is 31.6 Å². The third-order valence-corrected chi connectivity index (χ3v) is 4.56. The van der Waals surface area contributed by atoms with E-state index < -0.39 is 0 Å². The number of hydrogen-bond acceptors (Lipinski definition) is 2. The van der Waals surface area contributed by atoms with Gasteiger partial charge in [0, 0.05) is 31.0 Å². The highest BCUT2D eigenvalue weighted by Gasteiger charge is 2.36. The van der Waals surface area contributed by atoms with Crippen molar-refractivity contribution in [2.45, 2.75) is 44.6 Å². The van der Waals surface area contributed by atoms with E-state index >= 15 is 0 Å². The lowest BCUT2D eigenvalue weighted by Crippen LogP contribution is -2.50. The second-order valence-corrected chi connectivity index (χ2v) is 5.67. The predicted octanol–water partition coefficient (Wildman–Crippen LogP) is 2.17. The molecule has 0 unspecified atom stereocenters. The third-order valence-electron chi connectivity index (χ3n) is 4.56. The second kappa shape index (κ2) is 5.19. The van der Waals surface area contributed by atoms with Gasteiger partial charge in [-0.1, -0.05) is 12.8 Å². The molecule has 2 heterocycles. The Balaban J connectivity index is 1.86. The van der Waals surface area contributed by atoms with Gasteiger partial charge < -0.3 is 9.88 Å². The van der Waals surface area contributed by atoms with Crippen LogP contribution in [0.15, 0.2) is 23.3 Å². The summed E-state index contributed by atoms with van der Waals surface area (Å²) in [6.45, 7) is 0.800. The number of carbonyl (C=O) groups is 1. The maximum atomic E-state index is 12.6. The molecule has 1 aromatic rings. The molecule has 3 rings (SSSR count). The van der Waals surface area contributed by atoms with Crippen LogP contribution in [-0.2, 0) is 0 Å². The quantitative estimate of drug-likeness (QED) is 0.841. The number of piperidine rings is 1. The Morgan fingerprint density at radius 2 is 2.00 bits per heavy atom. The zero-order valence-corrected chi connectivity index (χ0v) is 11.1. The van der Waals surface area contributed by atoms with E-state index in [9.17, 15) is 9.59 Å². The van der Waals surface area contributed by atoms with E-state index in [2.05, 4.69) is 4.98 Å². The summed E-state index contributed by atoms with van der Waals surface area (Å²) in [5.74, 6) is 0.563. The molecular formula is C15H20N2O2. The molecule has 1 amide bonds. The van der Waals surface area contributed by atoms with Crippen LogP contribution in [0.5, 0.6) is 0 Å². The van der Waals surface area contributed by atoms with Crippen molar-refractivity contribution in [1.82, 2.24) is 9.88 Å². The van der Waals surface area contributed by atoms with E-state index in [1.54, 1.807) is 6.20 Å². The van der Waals surface area contributed by atoms with Gasteiger partial charge in [0.1, 0.15) is 5.56 Å². The van der Waals surface area contributed by atoms with Crippen molar-refractivity contribution in [2.75, 3.05) is 6.54 Å². The maximum Gasteiger partial charge on any atom is 0.259 e. The van der Waals surface area contributed by atoms with E-state index in [0.29, 0.717) is 12.0 Å². The molecule has 1 aliphatic carbocycles. The number of pyridine rings is 1. The number of aromatic amines is 1. The molecule has 0 bridgehead atoms. The predicted molar refractivity (Wildman–Crippen MR) is 73.1 cm³/mol. The van der Waals surface area contributed by atoms with Crippen LogP contribution >= 0.6 is 0 Å². The number of likely N-dealkylation sites (tertiary alicyclic amines) is 1. The van der Waals surface area contributed by atoms with Crippen molar-refractivity contribution in [3.63, 3.8) is 0 Å². The van der Waals surface area contributed by atoms with Crippen molar-refractivity contribution in [3.05, 3.63) is 34.2 Å². The number of amides is 1. The molecule has 1 saturated heterocycles. The van der Waals surface area contributed by atoms with Crippen molar-refractivity contribution in [2.24, 2.45) is 5.92 Å². The molecule has 1 N–H and O–H groups in total.